The van der Waals surface area contributed by atoms with Gasteiger partial charge in [0.15, 0.2) is 0 Å². The van der Waals surface area contributed by atoms with E-state index in [0.29, 0.717) is 6.42 Å². The lowest BCUT2D eigenvalue weighted by molar-refractivity contribution is -0.120. The van der Waals surface area contributed by atoms with Gasteiger partial charge in [-0.15, -0.1) is 12.4 Å². The van der Waals surface area contributed by atoms with Crippen molar-refractivity contribution < 1.29 is 4.79 Å². The average Bonchev–Trinajstić information content (AvgIpc) is 2.41. The highest BCUT2D eigenvalue weighted by Crippen LogP contribution is 2.12. The minimum atomic E-state index is 0. The van der Waals surface area contributed by atoms with Crippen LogP contribution >= 0.6 is 12.4 Å². The molecule has 1 amide bonds. The van der Waals surface area contributed by atoms with Crippen LogP contribution in [0.3, 0.4) is 0 Å². The Labute approximate surface area is 121 Å². The molecule has 0 saturated carbocycles. The quantitative estimate of drug-likeness (QED) is 0.869. The molecule has 19 heavy (non-hydrogen) atoms. The summed E-state index contributed by atoms with van der Waals surface area (Å²) in [5.74, 6) is 0.862. The minimum absolute atomic E-state index is 0. The second-order valence-electron chi connectivity index (χ2n) is 5.01. The Morgan fingerprint density at radius 2 is 2.11 bits per heavy atom. The van der Waals surface area contributed by atoms with Crippen LogP contribution in [0.5, 0.6) is 0 Å². The maximum atomic E-state index is 11.7. The predicted octanol–water partition coefficient (Wildman–Crippen LogP) is 2.16. The molecule has 0 radical (unpaired) electrons. The first-order valence-corrected chi connectivity index (χ1v) is 6.86. The summed E-state index contributed by atoms with van der Waals surface area (Å²) in [6, 6.07) is 9.89. The Kier molecular flexibility index (Phi) is 7.53. The lowest BCUT2D eigenvalue weighted by Gasteiger charge is -2.22. The van der Waals surface area contributed by atoms with E-state index >= 15 is 0 Å². The van der Waals surface area contributed by atoms with Crippen molar-refractivity contribution in [3.05, 3.63) is 35.9 Å². The van der Waals surface area contributed by atoms with Crippen LogP contribution in [0.15, 0.2) is 30.3 Å². The monoisotopic (exact) mass is 282 g/mol. The summed E-state index contributed by atoms with van der Waals surface area (Å²) in [6.45, 7) is 3.06. The number of carbonyl (C=O) groups excluding carboxylic acids is 1. The molecule has 0 aromatic heterocycles. The Morgan fingerprint density at radius 1 is 1.32 bits per heavy atom. The van der Waals surface area contributed by atoms with Crippen LogP contribution in [0, 0.1) is 5.92 Å². The topological polar surface area (TPSA) is 41.1 Å². The summed E-state index contributed by atoms with van der Waals surface area (Å²) in [4.78, 5) is 11.7. The van der Waals surface area contributed by atoms with Crippen LogP contribution in [0.2, 0.25) is 0 Å². The molecule has 1 aliphatic heterocycles. The van der Waals surface area contributed by atoms with Crippen molar-refractivity contribution in [3.63, 3.8) is 0 Å². The summed E-state index contributed by atoms with van der Waals surface area (Å²) in [5, 5.41) is 6.41. The molecule has 0 spiro atoms. The van der Waals surface area contributed by atoms with Gasteiger partial charge in [0.25, 0.3) is 0 Å². The van der Waals surface area contributed by atoms with E-state index in [1.54, 1.807) is 0 Å². The van der Waals surface area contributed by atoms with Crippen LogP contribution in [0.4, 0.5) is 0 Å². The standard InChI is InChI=1S/C15H22N2O.ClH/c18-15(11-13-5-2-1-3-6-13)17-10-8-14-7-4-9-16-12-14;/h1-3,5-6,14,16H,4,7-12H2,(H,17,18);1H. The molecule has 4 heteroatoms. The van der Waals surface area contributed by atoms with E-state index in [2.05, 4.69) is 10.6 Å². The second kappa shape index (κ2) is 8.94. The molecule has 1 fully saturated rings. The number of benzene rings is 1. The van der Waals surface area contributed by atoms with Crippen LogP contribution in [0.1, 0.15) is 24.8 Å². The molecule has 1 unspecified atom stereocenters. The molecule has 106 valence electrons. The highest BCUT2D eigenvalue weighted by atomic mass is 35.5. The van der Waals surface area contributed by atoms with Gasteiger partial charge in [0, 0.05) is 6.54 Å². The zero-order valence-corrected chi connectivity index (χ0v) is 12.0. The molecule has 2 rings (SSSR count). The van der Waals surface area contributed by atoms with Crippen molar-refractivity contribution in [1.29, 1.82) is 0 Å². The summed E-state index contributed by atoms with van der Waals surface area (Å²) in [7, 11) is 0. The van der Waals surface area contributed by atoms with Crippen molar-refractivity contribution in [2.45, 2.75) is 25.7 Å². The normalized spacial score (nSPS) is 18.4. The van der Waals surface area contributed by atoms with Gasteiger partial charge in [-0.2, -0.15) is 0 Å². The molecule has 1 heterocycles. The first kappa shape index (κ1) is 16.0. The molecule has 1 aromatic carbocycles. The highest BCUT2D eigenvalue weighted by Gasteiger charge is 2.12. The van der Waals surface area contributed by atoms with E-state index in [1.807, 2.05) is 30.3 Å². The number of hydrogen-bond acceptors (Lipinski definition) is 2. The van der Waals surface area contributed by atoms with E-state index in [9.17, 15) is 4.79 Å². The smallest absolute Gasteiger partial charge is 0.224 e. The highest BCUT2D eigenvalue weighted by molar-refractivity contribution is 5.85. The Bertz CT molecular complexity index is 364. The molecule has 2 N–H and O–H groups in total. The lowest BCUT2D eigenvalue weighted by Crippen LogP contribution is -2.33. The third-order valence-electron chi connectivity index (χ3n) is 3.48. The largest absolute Gasteiger partial charge is 0.356 e. The number of rotatable bonds is 5. The van der Waals surface area contributed by atoms with Gasteiger partial charge in [0.2, 0.25) is 5.91 Å². The van der Waals surface area contributed by atoms with E-state index in [1.165, 1.54) is 12.8 Å². The second-order valence-corrected chi connectivity index (χ2v) is 5.01. The van der Waals surface area contributed by atoms with Gasteiger partial charge in [-0.3, -0.25) is 4.79 Å². The van der Waals surface area contributed by atoms with Crippen molar-refractivity contribution in [2.75, 3.05) is 19.6 Å². The minimum Gasteiger partial charge on any atom is -0.356 e. The number of halogens is 1. The van der Waals surface area contributed by atoms with Crippen LogP contribution < -0.4 is 10.6 Å². The predicted molar refractivity (Wildman–Crippen MR) is 80.6 cm³/mol. The third kappa shape index (κ3) is 6.08. The fraction of sp³-hybridized carbons (Fsp3) is 0.533. The van der Waals surface area contributed by atoms with E-state index in [-0.39, 0.29) is 18.3 Å². The molecule has 3 nitrogen and oxygen atoms in total. The van der Waals surface area contributed by atoms with Gasteiger partial charge < -0.3 is 10.6 Å². The summed E-state index contributed by atoms with van der Waals surface area (Å²) in [5.41, 5.74) is 1.08. The summed E-state index contributed by atoms with van der Waals surface area (Å²) < 4.78 is 0. The summed E-state index contributed by atoms with van der Waals surface area (Å²) in [6.07, 6.45) is 4.14. The third-order valence-corrected chi connectivity index (χ3v) is 3.48. The lowest BCUT2D eigenvalue weighted by atomic mass is 9.96. The molecule has 1 aromatic rings. The van der Waals surface area contributed by atoms with Gasteiger partial charge >= 0.3 is 0 Å². The first-order valence-electron chi connectivity index (χ1n) is 6.86. The van der Waals surface area contributed by atoms with Crippen LogP contribution in [-0.2, 0) is 11.2 Å². The Balaban J connectivity index is 0.00000180. The zero-order valence-electron chi connectivity index (χ0n) is 11.2. The number of amides is 1. The van der Waals surface area contributed by atoms with Crippen LogP contribution in [-0.4, -0.2) is 25.5 Å². The van der Waals surface area contributed by atoms with Gasteiger partial charge in [0.1, 0.15) is 0 Å². The maximum absolute atomic E-state index is 11.7. The van der Waals surface area contributed by atoms with Gasteiger partial charge in [-0.05, 0) is 43.8 Å². The number of hydrogen-bond donors (Lipinski definition) is 2. The van der Waals surface area contributed by atoms with Crippen molar-refractivity contribution in [2.24, 2.45) is 5.92 Å². The Morgan fingerprint density at radius 3 is 2.79 bits per heavy atom. The Hall–Kier alpha value is -1.06. The number of nitrogens with one attached hydrogen (secondary N) is 2. The number of carbonyl (C=O) groups is 1. The first-order chi connectivity index (χ1) is 8.84. The molecular weight excluding hydrogens is 260 g/mol. The average molecular weight is 283 g/mol. The van der Waals surface area contributed by atoms with Gasteiger partial charge in [-0.1, -0.05) is 30.3 Å². The van der Waals surface area contributed by atoms with Gasteiger partial charge in [-0.25, -0.2) is 0 Å². The molecule has 1 saturated heterocycles. The van der Waals surface area contributed by atoms with Crippen molar-refractivity contribution in [1.82, 2.24) is 10.6 Å². The van der Waals surface area contributed by atoms with E-state index in [0.717, 1.165) is 37.5 Å². The molecule has 0 bridgehead atoms. The summed E-state index contributed by atoms with van der Waals surface area (Å²) >= 11 is 0. The molecule has 1 atom stereocenters. The number of piperidine rings is 1. The van der Waals surface area contributed by atoms with Gasteiger partial charge in [0.05, 0.1) is 6.42 Å². The van der Waals surface area contributed by atoms with Crippen molar-refractivity contribution >= 4 is 18.3 Å². The SMILES string of the molecule is Cl.O=C(Cc1ccccc1)NCCC1CCCNC1. The molecular formula is C15H23ClN2O. The maximum Gasteiger partial charge on any atom is 0.224 e. The molecule has 1 aliphatic rings. The molecule has 0 aliphatic carbocycles. The van der Waals surface area contributed by atoms with E-state index < -0.39 is 0 Å². The fourth-order valence-electron chi connectivity index (χ4n) is 2.43. The van der Waals surface area contributed by atoms with Crippen molar-refractivity contribution in [3.8, 4) is 0 Å². The van der Waals surface area contributed by atoms with E-state index in [4.69, 9.17) is 0 Å². The fourth-order valence-corrected chi connectivity index (χ4v) is 2.43. The zero-order chi connectivity index (χ0) is 12.6. The van der Waals surface area contributed by atoms with Crippen LogP contribution in [0.25, 0.3) is 0 Å².